The number of pyridine rings is 1. The van der Waals surface area contributed by atoms with E-state index in [0.29, 0.717) is 11.9 Å². The number of hydrogen-bond donors (Lipinski definition) is 1. The van der Waals surface area contributed by atoms with Crippen LogP contribution in [0.25, 0.3) is 5.82 Å². The molecule has 3 aromatic rings. The monoisotopic (exact) mass is 458 g/mol. The molecule has 1 atom stereocenters. The maximum absolute atomic E-state index is 12.7. The largest absolute Gasteiger partial charge is 0.452 e. The third kappa shape index (κ3) is 4.89. The maximum Gasteiger partial charge on any atom is 0.417 e. The van der Waals surface area contributed by atoms with Crippen molar-refractivity contribution in [3.05, 3.63) is 76.7 Å². The summed E-state index contributed by atoms with van der Waals surface area (Å²) in [7, 11) is 0. The summed E-state index contributed by atoms with van der Waals surface area (Å²) in [5.41, 5.74) is 1.80. The zero-order valence-corrected chi connectivity index (χ0v) is 17.7. The first-order chi connectivity index (χ1) is 15.7. The zero-order chi connectivity index (χ0) is 23.6. The molecule has 0 saturated carbocycles. The van der Waals surface area contributed by atoms with Gasteiger partial charge in [-0.2, -0.15) is 18.3 Å². The number of ether oxygens (including phenoxy) is 1. The number of hydrogen-bond acceptors (Lipinski definition) is 5. The molecule has 0 fully saturated rings. The minimum atomic E-state index is -4.50. The van der Waals surface area contributed by atoms with Crippen molar-refractivity contribution >= 4 is 11.9 Å². The predicted octanol–water partition coefficient (Wildman–Crippen LogP) is 3.95. The lowest BCUT2D eigenvalue weighted by Crippen LogP contribution is -2.34. The number of rotatable bonds is 5. The number of fused-ring (bicyclic) bond motifs is 1. The van der Waals surface area contributed by atoms with Crippen molar-refractivity contribution in [3.8, 4) is 5.82 Å². The number of esters is 1. The molecule has 4 rings (SSSR count). The Labute approximate surface area is 187 Å². The second kappa shape index (κ2) is 9.05. The first-order valence-corrected chi connectivity index (χ1v) is 10.4. The van der Waals surface area contributed by atoms with Gasteiger partial charge in [0.15, 0.2) is 12.4 Å². The molecule has 1 unspecified atom stereocenters. The van der Waals surface area contributed by atoms with Crippen molar-refractivity contribution in [2.45, 2.75) is 38.4 Å². The van der Waals surface area contributed by atoms with Gasteiger partial charge in [-0.3, -0.25) is 4.79 Å². The van der Waals surface area contributed by atoms with Crippen LogP contribution in [0, 0.1) is 6.92 Å². The van der Waals surface area contributed by atoms with E-state index in [-0.39, 0.29) is 17.4 Å². The highest BCUT2D eigenvalue weighted by Crippen LogP contribution is 2.30. The Bertz CT molecular complexity index is 1170. The van der Waals surface area contributed by atoms with Crippen molar-refractivity contribution in [1.82, 2.24) is 20.1 Å². The summed E-state index contributed by atoms with van der Waals surface area (Å²) in [6.45, 7) is 1.10. The van der Waals surface area contributed by atoms with Crippen molar-refractivity contribution in [2.24, 2.45) is 0 Å². The molecule has 7 nitrogen and oxygen atoms in total. The third-order valence-corrected chi connectivity index (χ3v) is 5.56. The minimum absolute atomic E-state index is 0.0903. The summed E-state index contributed by atoms with van der Waals surface area (Å²) in [6, 6.07) is 9.83. The topological polar surface area (TPSA) is 86.1 Å². The Kier molecular flexibility index (Phi) is 6.17. The van der Waals surface area contributed by atoms with Crippen molar-refractivity contribution in [3.63, 3.8) is 0 Å². The Hall–Kier alpha value is -3.69. The summed E-state index contributed by atoms with van der Waals surface area (Å²) in [6.07, 6.45) is 0.157. The summed E-state index contributed by atoms with van der Waals surface area (Å²) in [4.78, 5) is 28.6. The first kappa shape index (κ1) is 22.5. The van der Waals surface area contributed by atoms with Gasteiger partial charge in [0.05, 0.1) is 23.5 Å². The number of nitrogens with zero attached hydrogens (tertiary/aromatic N) is 3. The Balaban J connectivity index is 1.38. The fraction of sp³-hybridized carbons (Fsp3) is 0.304. The van der Waals surface area contributed by atoms with Crippen molar-refractivity contribution in [1.29, 1.82) is 0 Å². The molecule has 0 bridgehead atoms. The standard InChI is InChI=1S/C23H21F3N4O3/c1-14-18(12-28-30(14)20-10-9-16(11-27-20)23(24,25)26)22(32)33-13-21(31)29-19-8-4-6-15-5-2-3-7-17(15)19/h2-3,5,7,9-12,19H,4,6,8,13H2,1H3,(H,29,31). The van der Waals surface area contributed by atoms with Crippen molar-refractivity contribution < 1.29 is 27.5 Å². The number of benzene rings is 1. The van der Waals surface area contributed by atoms with Crippen LogP contribution in [0.1, 0.15) is 51.6 Å². The summed E-state index contributed by atoms with van der Waals surface area (Å²) >= 11 is 0. The number of nitrogens with one attached hydrogen (secondary N) is 1. The van der Waals surface area contributed by atoms with E-state index in [1.807, 2.05) is 24.3 Å². The van der Waals surface area contributed by atoms with Crippen LogP contribution in [0.5, 0.6) is 0 Å². The Morgan fingerprint density at radius 3 is 2.70 bits per heavy atom. The van der Waals surface area contributed by atoms with Gasteiger partial charge in [0.1, 0.15) is 5.56 Å². The lowest BCUT2D eigenvalue weighted by Gasteiger charge is -2.26. The first-order valence-electron chi connectivity index (χ1n) is 10.4. The molecule has 0 radical (unpaired) electrons. The molecule has 1 amide bonds. The molecule has 1 aliphatic rings. The second-order valence-corrected chi connectivity index (χ2v) is 7.75. The molecule has 2 heterocycles. The predicted molar refractivity (Wildman–Crippen MR) is 112 cm³/mol. The van der Waals surface area contributed by atoms with E-state index in [2.05, 4.69) is 15.4 Å². The van der Waals surface area contributed by atoms with Crippen LogP contribution in [-0.4, -0.2) is 33.2 Å². The lowest BCUT2D eigenvalue weighted by atomic mass is 9.88. The zero-order valence-electron chi connectivity index (χ0n) is 17.7. The SMILES string of the molecule is Cc1c(C(=O)OCC(=O)NC2CCCc3ccccc32)cnn1-c1ccc(C(F)(F)F)cn1. The molecule has 0 spiro atoms. The van der Waals surface area contributed by atoms with Crippen LogP contribution >= 0.6 is 0 Å². The van der Waals surface area contributed by atoms with Gasteiger partial charge in [-0.05, 0) is 49.4 Å². The Morgan fingerprint density at radius 1 is 1.18 bits per heavy atom. The minimum Gasteiger partial charge on any atom is -0.452 e. The van der Waals surface area contributed by atoms with E-state index in [1.54, 1.807) is 6.92 Å². The molecule has 172 valence electrons. The number of aromatic nitrogens is 3. The average Bonchev–Trinajstić information content (AvgIpc) is 3.18. The van der Waals surface area contributed by atoms with Gasteiger partial charge in [-0.1, -0.05) is 24.3 Å². The highest BCUT2D eigenvalue weighted by Gasteiger charge is 2.31. The van der Waals surface area contributed by atoms with Crippen molar-refractivity contribution in [2.75, 3.05) is 6.61 Å². The summed E-state index contributed by atoms with van der Waals surface area (Å²) in [5.74, 6) is -1.06. The van der Waals surface area contributed by atoms with Gasteiger partial charge in [0, 0.05) is 6.20 Å². The number of aryl methyl sites for hydroxylation is 1. The van der Waals surface area contributed by atoms with Crippen LogP contribution < -0.4 is 5.32 Å². The van der Waals surface area contributed by atoms with Gasteiger partial charge in [0.2, 0.25) is 0 Å². The van der Waals surface area contributed by atoms with Gasteiger partial charge in [0.25, 0.3) is 5.91 Å². The van der Waals surface area contributed by atoms with Gasteiger partial charge in [-0.15, -0.1) is 0 Å². The average molecular weight is 458 g/mol. The van der Waals surface area contributed by atoms with Gasteiger partial charge >= 0.3 is 12.1 Å². The molecular weight excluding hydrogens is 437 g/mol. The number of alkyl halides is 3. The molecule has 1 aromatic carbocycles. The molecular formula is C23H21F3N4O3. The number of halogens is 3. The summed E-state index contributed by atoms with van der Waals surface area (Å²) in [5, 5.41) is 6.92. The van der Waals surface area contributed by atoms with E-state index in [1.165, 1.54) is 16.4 Å². The molecule has 1 N–H and O–H groups in total. The van der Waals surface area contributed by atoms with Crippen LogP contribution in [-0.2, 0) is 22.1 Å². The fourth-order valence-electron chi connectivity index (χ4n) is 3.87. The van der Waals surface area contributed by atoms with E-state index in [0.717, 1.165) is 37.0 Å². The number of carbonyl (C=O) groups is 2. The van der Waals surface area contributed by atoms with E-state index in [4.69, 9.17) is 4.74 Å². The molecule has 2 aromatic heterocycles. The van der Waals surface area contributed by atoms with E-state index in [9.17, 15) is 22.8 Å². The quantitative estimate of drug-likeness (QED) is 0.586. The van der Waals surface area contributed by atoms with E-state index < -0.39 is 30.2 Å². The van der Waals surface area contributed by atoms with E-state index >= 15 is 0 Å². The normalized spacial score (nSPS) is 15.6. The second-order valence-electron chi connectivity index (χ2n) is 7.75. The van der Waals surface area contributed by atoms with Crippen LogP contribution in [0.2, 0.25) is 0 Å². The highest BCUT2D eigenvalue weighted by atomic mass is 19.4. The third-order valence-electron chi connectivity index (χ3n) is 5.56. The molecule has 10 heteroatoms. The molecule has 33 heavy (non-hydrogen) atoms. The Morgan fingerprint density at radius 2 is 1.97 bits per heavy atom. The highest BCUT2D eigenvalue weighted by molar-refractivity contribution is 5.92. The summed E-state index contributed by atoms with van der Waals surface area (Å²) < 4.78 is 44.6. The van der Waals surface area contributed by atoms with Crippen LogP contribution in [0.3, 0.4) is 0 Å². The van der Waals surface area contributed by atoms with Gasteiger partial charge in [-0.25, -0.2) is 14.5 Å². The maximum atomic E-state index is 12.7. The number of amides is 1. The van der Waals surface area contributed by atoms with Gasteiger partial charge < -0.3 is 10.1 Å². The lowest BCUT2D eigenvalue weighted by molar-refractivity contribution is -0.137. The van der Waals surface area contributed by atoms with Crippen LogP contribution in [0.15, 0.2) is 48.8 Å². The smallest absolute Gasteiger partial charge is 0.417 e. The number of carbonyl (C=O) groups excluding carboxylic acids is 2. The molecule has 1 aliphatic carbocycles. The fourth-order valence-corrected chi connectivity index (χ4v) is 3.87. The molecule has 0 saturated heterocycles. The van der Waals surface area contributed by atoms with Crippen LogP contribution in [0.4, 0.5) is 13.2 Å². The molecule has 0 aliphatic heterocycles.